The molecule has 90 valence electrons. The van der Waals surface area contributed by atoms with Gasteiger partial charge in [0.25, 0.3) is 5.91 Å². The second kappa shape index (κ2) is 4.68. The molecule has 0 bridgehead atoms. The molecule has 0 spiro atoms. The monoisotopic (exact) mass is 294 g/mol. The first-order chi connectivity index (χ1) is 8.72. The maximum Gasteiger partial charge on any atom is 0.258 e. The predicted molar refractivity (Wildman–Crippen MR) is 76.9 cm³/mol. The number of fused-ring (bicyclic) bond motifs is 1. The molecule has 3 rings (SSSR count). The molecule has 3 aromatic rings. The molecule has 0 saturated carbocycles. The van der Waals surface area contributed by atoms with Crippen LogP contribution in [0.1, 0.15) is 10.4 Å². The van der Waals surface area contributed by atoms with Gasteiger partial charge in [-0.25, -0.2) is 4.98 Å². The number of halogens is 1. The highest BCUT2D eigenvalue weighted by Crippen LogP contribution is 2.28. The third-order valence-electron chi connectivity index (χ3n) is 2.35. The Hall–Kier alpha value is -1.43. The molecular formula is C12H7ClN2OS2. The van der Waals surface area contributed by atoms with E-state index in [1.165, 1.54) is 22.7 Å². The molecular weight excluding hydrogens is 288 g/mol. The van der Waals surface area contributed by atoms with E-state index in [4.69, 9.17) is 11.6 Å². The van der Waals surface area contributed by atoms with Crippen molar-refractivity contribution >= 4 is 55.5 Å². The number of nitrogens with one attached hydrogen (secondary N) is 1. The van der Waals surface area contributed by atoms with Crippen LogP contribution in [0.3, 0.4) is 0 Å². The number of carbonyl (C=O) groups is 1. The smallest absolute Gasteiger partial charge is 0.258 e. The lowest BCUT2D eigenvalue weighted by Gasteiger charge is -1.97. The van der Waals surface area contributed by atoms with Crippen LogP contribution in [-0.4, -0.2) is 10.9 Å². The summed E-state index contributed by atoms with van der Waals surface area (Å²) in [6.07, 6.45) is 0. The van der Waals surface area contributed by atoms with Gasteiger partial charge in [0.15, 0.2) is 5.13 Å². The van der Waals surface area contributed by atoms with Gasteiger partial charge >= 0.3 is 0 Å². The fourth-order valence-corrected chi connectivity index (χ4v) is 3.29. The van der Waals surface area contributed by atoms with Gasteiger partial charge in [0, 0.05) is 10.4 Å². The van der Waals surface area contributed by atoms with Crippen LogP contribution in [0.15, 0.2) is 35.0 Å². The van der Waals surface area contributed by atoms with Crippen LogP contribution in [0.5, 0.6) is 0 Å². The quantitative estimate of drug-likeness (QED) is 0.767. The molecule has 2 heterocycles. The second-order valence-electron chi connectivity index (χ2n) is 3.60. The first-order valence-corrected chi connectivity index (χ1v) is 7.26. The van der Waals surface area contributed by atoms with E-state index in [0.29, 0.717) is 15.7 Å². The molecule has 0 atom stereocenters. The van der Waals surface area contributed by atoms with E-state index in [1.54, 1.807) is 17.5 Å². The van der Waals surface area contributed by atoms with Crippen molar-refractivity contribution in [2.45, 2.75) is 0 Å². The largest absolute Gasteiger partial charge is 0.298 e. The van der Waals surface area contributed by atoms with Gasteiger partial charge < -0.3 is 0 Å². The Morgan fingerprint density at radius 3 is 3.00 bits per heavy atom. The third kappa shape index (κ3) is 2.25. The van der Waals surface area contributed by atoms with Gasteiger partial charge in [-0.3, -0.25) is 10.1 Å². The maximum absolute atomic E-state index is 11.9. The van der Waals surface area contributed by atoms with Crippen molar-refractivity contribution in [1.82, 2.24) is 4.98 Å². The summed E-state index contributed by atoms with van der Waals surface area (Å²) in [5.74, 6) is -0.138. The number of anilines is 1. The highest BCUT2D eigenvalue weighted by Gasteiger charge is 2.10. The van der Waals surface area contributed by atoms with E-state index in [9.17, 15) is 4.79 Å². The summed E-state index contributed by atoms with van der Waals surface area (Å²) in [7, 11) is 0. The molecule has 3 nitrogen and oxygen atoms in total. The summed E-state index contributed by atoms with van der Waals surface area (Å²) >= 11 is 8.81. The van der Waals surface area contributed by atoms with Crippen LogP contribution < -0.4 is 5.32 Å². The molecule has 0 aliphatic heterocycles. The number of aromatic nitrogens is 1. The number of rotatable bonds is 2. The topological polar surface area (TPSA) is 42.0 Å². The minimum Gasteiger partial charge on any atom is -0.298 e. The Kier molecular flexibility index (Phi) is 3.03. The van der Waals surface area contributed by atoms with E-state index in [2.05, 4.69) is 10.3 Å². The molecule has 0 aliphatic carbocycles. The van der Waals surface area contributed by atoms with E-state index in [1.807, 2.05) is 17.5 Å². The molecule has 0 unspecified atom stereocenters. The van der Waals surface area contributed by atoms with Crippen LogP contribution in [0.2, 0.25) is 5.02 Å². The zero-order valence-electron chi connectivity index (χ0n) is 9.01. The number of thiazole rings is 1. The molecule has 1 amide bonds. The highest BCUT2D eigenvalue weighted by atomic mass is 35.5. The lowest BCUT2D eigenvalue weighted by atomic mass is 10.3. The molecule has 6 heteroatoms. The fraction of sp³-hybridized carbons (Fsp3) is 0. The lowest BCUT2D eigenvalue weighted by Crippen LogP contribution is -2.10. The van der Waals surface area contributed by atoms with Crippen molar-refractivity contribution in [1.29, 1.82) is 0 Å². The van der Waals surface area contributed by atoms with Crippen LogP contribution in [-0.2, 0) is 0 Å². The number of hydrogen-bond acceptors (Lipinski definition) is 4. The zero-order valence-corrected chi connectivity index (χ0v) is 11.4. The molecule has 1 aromatic carbocycles. The fourth-order valence-electron chi connectivity index (χ4n) is 1.51. The average molecular weight is 295 g/mol. The van der Waals surface area contributed by atoms with Gasteiger partial charge in [-0.1, -0.05) is 22.9 Å². The van der Waals surface area contributed by atoms with Crippen LogP contribution in [0.25, 0.3) is 10.2 Å². The molecule has 1 N–H and O–H groups in total. The Labute approximate surface area is 116 Å². The summed E-state index contributed by atoms with van der Waals surface area (Å²) < 4.78 is 0.961. The van der Waals surface area contributed by atoms with Gasteiger partial charge in [-0.05, 0) is 29.6 Å². The second-order valence-corrected chi connectivity index (χ2v) is 5.84. The highest BCUT2D eigenvalue weighted by molar-refractivity contribution is 7.22. The summed E-state index contributed by atoms with van der Waals surface area (Å²) in [6, 6.07) is 7.25. The van der Waals surface area contributed by atoms with Gasteiger partial charge in [-0.2, -0.15) is 11.3 Å². The van der Waals surface area contributed by atoms with Crippen molar-refractivity contribution in [2.75, 3.05) is 5.32 Å². The van der Waals surface area contributed by atoms with Gasteiger partial charge in [-0.15, -0.1) is 0 Å². The van der Waals surface area contributed by atoms with E-state index in [-0.39, 0.29) is 5.91 Å². The maximum atomic E-state index is 11.9. The van der Waals surface area contributed by atoms with Gasteiger partial charge in [0.1, 0.15) is 0 Å². The summed E-state index contributed by atoms with van der Waals surface area (Å²) in [5, 5.41) is 7.71. The number of benzene rings is 1. The van der Waals surface area contributed by atoms with E-state index in [0.717, 1.165) is 10.2 Å². The van der Waals surface area contributed by atoms with Crippen LogP contribution in [0.4, 0.5) is 5.13 Å². The average Bonchev–Trinajstić information content (AvgIpc) is 2.95. The molecule has 0 aliphatic rings. The number of carbonyl (C=O) groups excluding carboxylic acids is 1. The van der Waals surface area contributed by atoms with E-state index < -0.39 is 0 Å². The normalized spacial score (nSPS) is 10.7. The first-order valence-electron chi connectivity index (χ1n) is 5.12. The number of nitrogens with zero attached hydrogens (tertiary/aromatic N) is 1. The standard InChI is InChI=1S/C12H7ClN2OS2/c13-8-1-2-9-10(5-8)18-12(14-9)15-11(16)7-3-4-17-6-7/h1-6H,(H,14,15,16). The van der Waals surface area contributed by atoms with Crippen molar-refractivity contribution < 1.29 is 4.79 Å². The summed E-state index contributed by atoms with van der Waals surface area (Å²) in [6.45, 7) is 0. The van der Waals surface area contributed by atoms with Gasteiger partial charge in [0.05, 0.1) is 15.8 Å². The summed E-state index contributed by atoms with van der Waals surface area (Å²) in [4.78, 5) is 16.2. The molecule has 0 fully saturated rings. The molecule has 18 heavy (non-hydrogen) atoms. The van der Waals surface area contributed by atoms with Gasteiger partial charge in [0.2, 0.25) is 0 Å². The Morgan fingerprint density at radius 1 is 1.33 bits per heavy atom. The van der Waals surface area contributed by atoms with E-state index >= 15 is 0 Å². The van der Waals surface area contributed by atoms with Crippen LogP contribution in [0, 0.1) is 0 Å². The molecule has 2 aromatic heterocycles. The minimum absolute atomic E-state index is 0.138. The number of thiophene rings is 1. The Morgan fingerprint density at radius 2 is 2.22 bits per heavy atom. The lowest BCUT2D eigenvalue weighted by molar-refractivity contribution is 0.102. The SMILES string of the molecule is O=C(Nc1nc2ccc(Cl)cc2s1)c1ccsc1. The van der Waals surface area contributed by atoms with Crippen molar-refractivity contribution in [3.05, 3.63) is 45.6 Å². The first kappa shape index (κ1) is 11.6. The zero-order chi connectivity index (χ0) is 12.5. The number of hydrogen-bond donors (Lipinski definition) is 1. The Bertz CT molecular complexity index is 706. The van der Waals surface area contributed by atoms with Crippen LogP contribution >= 0.6 is 34.3 Å². The van der Waals surface area contributed by atoms with Crippen molar-refractivity contribution in [3.63, 3.8) is 0 Å². The predicted octanol–water partition coefficient (Wildman–Crippen LogP) is 4.26. The van der Waals surface area contributed by atoms with Crippen molar-refractivity contribution in [2.24, 2.45) is 0 Å². The van der Waals surface area contributed by atoms with Crippen molar-refractivity contribution in [3.8, 4) is 0 Å². The Balaban J connectivity index is 1.89. The number of amides is 1. The minimum atomic E-state index is -0.138. The molecule has 0 saturated heterocycles. The third-order valence-corrected chi connectivity index (χ3v) is 4.21. The summed E-state index contributed by atoms with van der Waals surface area (Å²) in [5.41, 5.74) is 1.49. The molecule has 0 radical (unpaired) electrons.